The van der Waals surface area contributed by atoms with Crippen molar-refractivity contribution in [2.45, 2.75) is 69.4 Å². The molecule has 3 bridgehead atoms. The first kappa shape index (κ1) is 31.4. The lowest BCUT2D eigenvalue weighted by Crippen LogP contribution is -2.70. The second-order valence-corrected chi connectivity index (χ2v) is 13.4. The molecule has 47 heavy (non-hydrogen) atoms. The number of methoxy groups -OCH3 is 1. The van der Waals surface area contributed by atoms with Gasteiger partial charge in [-0.2, -0.15) is 0 Å². The van der Waals surface area contributed by atoms with Gasteiger partial charge < -0.3 is 33.5 Å². The van der Waals surface area contributed by atoms with Crippen LogP contribution in [0.4, 0.5) is 0 Å². The Bertz CT molecular complexity index is 1760. The fourth-order valence-corrected chi connectivity index (χ4v) is 8.68. The van der Waals surface area contributed by atoms with Gasteiger partial charge in [0.25, 0.3) is 0 Å². The first-order chi connectivity index (χ1) is 22.3. The van der Waals surface area contributed by atoms with Crippen molar-refractivity contribution in [3.8, 4) is 11.5 Å². The van der Waals surface area contributed by atoms with Gasteiger partial charge >= 0.3 is 17.9 Å². The van der Waals surface area contributed by atoms with E-state index in [9.17, 15) is 19.5 Å². The van der Waals surface area contributed by atoms with Crippen molar-refractivity contribution < 1.29 is 47.9 Å². The third kappa shape index (κ3) is 4.31. The van der Waals surface area contributed by atoms with Gasteiger partial charge in [0.2, 0.25) is 5.78 Å². The van der Waals surface area contributed by atoms with Gasteiger partial charge in [-0.25, -0.2) is 4.79 Å². The average molecular weight is 643 g/mol. The fourth-order valence-electron chi connectivity index (χ4n) is 8.68. The van der Waals surface area contributed by atoms with Crippen LogP contribution in [0.25, 0.3) is 0 Å². The Morgan fingerprint density at radius 3 is 2.51 bits per heavy atom. The third-order valence-electron chi connectivity index (χ3n) is 10.6. The molecule has 10 nitrogen and oxygen atoms in total. The maximum Gasteiger partial charge on any atom is 0.338 e. The van der Waals surface area contributed by atoms with Gasteiger partial charge in [0.1, 0.15) is 18.3 Å². The van der Waals surface area contributed by atoms with E-state index in [1.54, 1.807) is 6.92 Å². The summed E-state index contributed by atoms with van der Waals surface area (Å²) in [5.74, 6) is -4.65. The second kappa shape index (κ2) is 10.6. The molecule has 1 unspecified atom stereocenters. The molecule has 0 aromatic heterocycles. The molecule has 3 aliphatic carbocycles. The number of Topliss-reactive ketones (excluding diaryl/α,β-unsaturated/α-hetero) is 1. The van der Waals surface area contributed by atoms with Crippen molar-refractivity contribution in [3.05, 3.63) is 95.1 Å². The number of esters is 2. The van der Waals surface area contributed by atoms with Crippen LogP contribution < -0.4 is 4.74 Å². The number of hydrogen-bond acceptors (Lipinski definition) is 10. The van der Waals surface area contributed by atoms with Crippen LogP contribution in [-0.4, -0.2) is 59.5 Å². The van der Waals surface area contributed by atoms with E-state index in [0.29, 0.717) is 23.1 Å². The molecule has 5 aliphatic rings. The number of hydrogen-bond donors (Lipinski definition) is 1. The molecule has 0 spiro atoms. The number of carbonyl (C=O) groups is 3. The number of carbonyl (C=O) groups excluding carboxylic acids is 3. The first-order valence-corrected chi connectivity index (χ1v) is 15.8. The van der Waals surface area contributed by atoms with Crippen LogP contribution in [0.2, 0.25) is 0 Å². The molecule has 2 aliphatic heterocycles. The predicted octanol–water partition coefficient (Wildman–Crippen LogP) is 5.30. The van der Waals surface area contributed by atoms with Crippen LogP contribution in [0, 0.1) is 17.8 Å². The number of ether oxygens (including phenoxy) is 6. The van der Waals surface area contributed by atoms with Crippen molar-refractivity contribution in [1.29, 1.82) is 0 Å². The summed E-state index contributed by atoms with van der Waals surface area (Å²) < 4.78 is 38.1. The monoisotopic (exact) mass is 642 g/mol. The van der Waals surface area contributed by atoms with Crippen molar-refractivity contribution in [1.82, 2.24) is 0 Å². The lowest BCUT2D eigenvalue weighted by Gasteiger charge is -2.59. The number of fused-ring (bicyclic) bond motifs is 2. The maximum absolute atomic E-state index is 14.3. The standard InChI is InChI=1S/C37H38O10/c1-20(2)34-17-22(4)36-27(32(34)45-37(46-34,47-36)26-10-8-7-9-11-26)15-24(18-35(44-23(5)38)30(36)14-21(3)31(35)40)19-43-33(41)25-12-13-28(39)29(16-25)42-6/h7-16,22,27,30,32,39H,1,17-19H2,2-6H3/t22-,27+,30-,32-,34-,35-,36-,37?/m1/s1. The molecule has 1 saturated carbocycles. The van der Waals surface area contributed by atoms with Gasteiger partial charge in [-0.05, 0) is 61.1 Å². The molecule has 1 N–H and O–H groups in total. The summed E-state index contributed by atoms with van der Waals surface area (Å²) in [5, 5.41) is 10.00. The molecule has 2 heterocycles. The van der Waals surface area contributed by atoms with E-state index in [0.717, 1.165) is 5.57 Å². The summed E-state index contributed by atoms with van der Waals surface area (Å²) in [6, 6.07) is 13.6. The predicted molar refractivity (Wildman–Crippen MR) is 167 cm³/mol. The topological polar surface area (TPSA) is 127 Å². The lowest BCUT2D eigenvalue weighted by molar-refractivity contribution is -0.433. The number of rotatable bonds is 7. The van der Waals surface area contributed by atoms with Gasteiger partial charge in [0, 0.05) is 24.8 Å². The van der Waals surface area contributed by atoms with Crippen molar-refractivity contribution in [2.75, 3.05) is 13.7 Å². The highest BCUT2D eigenvalue weighted by Gasteiger charge is 2.80. The Morgan fingerprint density at radius 1 is 1.09 bits per heavy atom. The maximum atomic E-state index is 14.3. The quantitative estimate of drug-likeness (QED) is 0.314. The summed E-state index contributed by atoms with van der Waals surface area (Å²) in [4.78, 5) is 40.3. The van der Waals surface area contributed by atoms with Crippen LogP contribution in [0.1, 0.15) is 56.5 Å². The van der Waals surface area contributed by atoms with Gasteiger partial charge in [-0.3, -0.25) is 9.59 Å². The Hall–Kier alpha value is -4.25. The minimum atomic E-state index is -1.66. The summed E-state index contributed by atoms with van der Waals surface area (Å²) in [6.45, 7) is 11.1. The van der Waals surface area contributed by atoms with E-state index in [2.05, 4.69) is 13.5 Å². The minimum Gasteiger partial charge on any atom is -0.504 e. The Labute approximate surface area is 272 Å². The van der Waals surface area contributed by atoms with Gasteiger partial charge in [0.15, 0.2) is 17.1 Å². The fraction of sp³-hybridized carbons (Fsp3) is 0.432. The zero-order valence-electron chi connectivity index (χ0n) is 27.0. The van der Waals surface area contributed by atoms with Crippen molar-refractivity contribution in [3.63, 3.8) is 0 Å². The second-order valence-electron chi connectivity index (χ2n) is 13.4. The zero-order valence-corrected chi connectivity index (χ0v) is 27.0. The van der Waals surface area contributed by atoms with Gasteiger partial charge in [-0.15, -0.1) is 0 Å². The highest BCUT2D eigenvalue weighted by molar-refractivity contribution is 6.06. The SMILES string of the molecule is C=C(C)[C@]12C[C@@H](C)[C@@]34OC(c5ccccc5)(O[C@@H]1[C@@H]3C=C(COC(=O)c1ccc(O)c(OC)c1)C[C@]1(OC(C)=O)C(=O)C(C)=C[C@@H]41)O2. The molecule has 10 heteroatoms. The van der Waals surface area contributed by atoms with Crippen LogP contribution in [0.15, 0.2) is 84.0 Å². The van der Waals surface area contributed by atoms with Crippen molar-refractivity contribution >= 4 is 17.7 Å². The molecular formula is C37H38O10. The van der Waals surface area contributed by atoms with E-state index in [1.165, 1.54) is 32.2 Å². The van der Waals surface area contributed by atoms with E-state index in [4.69, 9.17) is 28.4 Å². The molecule has 8 atom stereocenters. The van der Waals surface area contributed by atoms with Gasteiger partial charge in [0.05, 0.1) is 24.2 Å². The van der Waals surface area contributed by atoms with Crippen LogP contribution in [-0.2, 0) is 39.2 Å². The van der Waals surface area contributed by atoms with Gasteiger partial charge in [-0.1, -0.05) is 56.0 Å². The molecule has 2 aromatic carbocycles. The Kier molecular flexibility index (Phi) is 7.09. The highest BCUT2D eigenvalue weighted by atomic mass is 16.9. The number of benzene rings is 2. The molecule has 3 fully saturated rings. The summed E-state index contributed by atoms with van der Waals surface area (Å²) in [6.07, 6.45) is 3.72. The number of phenolic OH excluding ortho intramolecular Hbond substituents is 1. The molecular weight excluding hydrogens is 604 g/mol. The van der Waals surface area contributed by atoms with E-state index in [1.807, 2.05) is 49.4 Å². The van der Waals surface area contributed by atoms with Crippen LogP contribution in [0.3, 0.4) is 0 Å². The third-order valence-corrected chi connectivity index (χ3v) is 10.6. The lowest BCUT2D eigenvalue weighted by atomic mass is 9.54. The Morgan fingerprint density at radius 2 is 1.83 bits per heavy atom. The molecule has 2 aromatic rings. The van der Waals surface area contributed by atoms with Crippen LogP contribution in [0.5, 0.6) is 11.5 Å². The number of aromatic hydroxyl groups is 1. The molecule has 0 radical (unpaired) electrons. The molecule has 7 rings (SSSR count). The summed E-state index contributed by atoms with van der Waals surface area (Å²) in [7, 11) is 1.38. The Balaban J connectivity index is 1.38. The van der Waals surface area contributed by atoms with Crippen molar-refractivity contribution in [2.24, 2.45) is 17.8 Å². The minimum absolute atomic E-state index is 0.0174. The van der Waals surface area contributed by atoms with E-state index < -0.39 is 52.7 Å². The first-order valence-electron chi connectivity index (χ1n) is 15.8. The number of ketones is 1. The largest absolute Gasteiger partial charge is 0.504 e. The highest BCUT2D eigenvalue weighted by Crippen LogP contribution is 2.70. The van der Waals surface area contributed by atoms with Crippen LogP contribution >= 0.6 is 0 Å². The average Bonchev–Trinajstić information content (AvgIpc) is 3.36. The number of phenols is 1. The smallest absolute Gasteiger partial charge is 0.338 e. The summed E-state index contributed by atoms with van der Waals surface area (Å²) >= 11 is 0. The molecule has 0 amide bonds. The van der Waals surface area contributed by atoms with E-state index in [-0.39, 0.29) is 41.8 Å². The molecule has 2 saturated heterocycles. The molecule has 246 valence electrons. The zero-order chi connectivity index (χ0) is 33.5. The normalized spacial score (nSPS) is 36.4. The van der Waals surface area contributed by atoms with E-state index >= 15 is 0 Å². The summed E-state index contributed by atoms with van der Waals surface area (Å²) in [5.41, 5.74) is -1.09.